The van der Waals surface area contributed by atoms with E-state index >= 15 is 0 Å². The number of nitrogens with zero attached hydrogens (tertiary/aromatic N) is 1. The predicted molar refractivity (Wildman–Crippen MR) is 67.0 cm³/mol. The van der Waals surface area contributed by atoms with E-state index in [0.29, 0.717) is 6.04 Å². The van der Waals surface area contributed by atoms with E-state index in [-0.39, 0.29) is 6.42 Å². The first-order chi connectivity index (χ1) is 8.08. The molecule has 1 aliphatic rings. The van der Waals surface area contributed by atoms with Crippen LogP contribution in [0.4, 0.5) is 0 Å². The minimum Gasteiger partial charge on any atom is -0.481 e. The summed E-state index contributed by atoms with van der Waals surface area (Å²) in [6, 6.07) is 6.55. The van der Waals surface area contributed by atoms with E-state index < -0.39 is 5.97 Å². The number of rotatable bonds is 3. The van der Waals surface area contributed by atoms with Gasteiger partial charge in [0.15, 0.2) is 0 Å². The molecule has 0 spiro atoms. The number of aliphatic carboxylic acids is 1. The Morgan fingerprint density at radius 2 is 2.24 bits per heavy atom. The molecule has 1 N–H and O–H groups in total. The minimum atomic E-state index is -0.750. The number of hydrogen-bond donors (Lipinski definition) is 1. The lowest BCUT2D eigenvalue weighted by molar-refractivity contribution is -0.136. The maximum atomic E-state index is 10.9. The summed E-state index contributed by atoms with van der Waals surface area (Å²) < 4.78 is 0. The van der Waals surface area contributed by atoms with Crippen molar-refractivity contribution in [2.24, 2.45) is 0 Å². The fourth-order valence-electron chi connectivity index (χ4n) is 2.44. The van der Waals surface area contributed by atoms with Gasteiger partial charge in [-0.1, -0.05) is 18.2 Å². The molecule has 3 nitrogen and oxygen atoms in total. The van der Waals surface area contributed by atoms with E-state index in [1.807, 2.05) is 12.1 Å². The van der Waals surface area contributed by atoms with E-state index in [0.717, 1.165) is 25.1 Å². The first-order valence-corrected chi connectivity index (χ1v) is 6.13. The molecule has 0 saturated carbocycles. The van der Waals surface area contributed by atoms with E-state index in [1.54, 1.807) is 0 Å². The van der Waals surface area contributed by atoms with Crippen LogP contribution in [0, 0.1) is 0 Å². The Morgan fingerprint density at radius 3 is 2.88 bits per heavy atom. The molecule has 1 aromatic rings. The molecular formula is C14H19NO2. The summed E-state index contributed by atoms with van der Waals surface area (Å²) in [4.78, 5) is 13.3. The molecule has 2 rings (SSSR count). The van der Waals surface area contributed by atoms with Crippen molar-refractivity contribution in [1.29, 1.82) is 0 Å². The summed E-state index contributed by atoms with van der Waals surface area (Å²) in [6.07, 6.45) is 1.16. The van der Waals surface area contributed by atoms with Crippen LogP contribution in [0.15, 0.2) is 18.2 Å². The maximum Gasteiger partial charge on any atom is 0.307 e. The molecule has 0 aromatic heterocycles. The van der Waals surface area contributed by atoms with E-state index in [9.17, 15) is 4.79 Å². The highest BCUT2D eigenvalue weighted by Gasteiger charge is 2.21. The predicted octanol–water partition coefficient (Wildman–Crippen LogP) is 2.08. The van der Waals surface area contributed by atoms with Crippen molar-refractivity contribution in [3.8, 4) is 0 Å². The van der Waals surface area contributed by atoms with Crippen molar-refractivity contribution in [2.45, 2.75) is 39.3 Å². The topological polar surface area (TPSA) is 40.5 Å². The summed E-state index contributed by atoms with van der Waals surface area (Å²) in [5.74, 6) is -0.750. The van der Waals surface area contributed by atoms with Gasteiger partial charge in [0.05, 0.1) is 6.42 Å². The number of carbonyl (C=O) groups is 1. The van der Waals surface area contributed by atoms with Crippen LogP contribution in [0.3, 0.4) is 0 Å². The van der Waals surface area contributed by atoms with Crippen LogP contribution in [0.2, 0.25) is 0 Å². The van der Waals surface area contributed by atoms with E-state index in [4.69, 9.17) is 5.11 Å². The quantitative estimate of drug-likeness (QED) is 0.869. The Hall–Kier alpha value is -1.35. The molecule has 3 heteroatoms. The molecular weight excluding hydrogens is 214 g/mol. The van der Waals surface area contributed by atoms with Gasteiger partial charge in [-0.3, -0.25) is 9.69 Å². The average Bonchev–Trinajstić information content (AvgIpc) is 2.28. The number of fused-ring (bicyclic) bond motifs is 1. The highest BCUT2D eigenvalue weighted by Crippen LogP contribution is 2.24. The lowest BCUT2D eigenvalue weighted by Gasteiger charge is -2.33. The lowest BCUT2D eigenvalue weighted by atomic mass is 9.93. The Balaban J connectivity index is 2.29. The van der Waals surface area contributed by atoms with Crippen molar-refractivity contribution in [1.82, 2.24) is 4.90 Å². The molecule has 0 atom stereocenters. The zero-order valence-corrected chi connectivity index (χ0v) is 10.4. The minimum absolute atomic E-state index is 0.134. The van der Waals surface area contributed by atoms with E-state index in [2.05, 4.69) is 24.8 Å². The third kappa shape index (κ3) is 2.67. The Morgan fingerprint density at radius 1 is 1.47 bits per heavy atom. The molecule has 0 saturated heterocycles. The second kappa shape index (κ2) is 4.88. The normalized spacial score (nSPS) is 15.9. The van der Waals surface area contributed by atoms with Crippen molar-refractivity contribution >= 4 is 5.97 Å². The number of benzene rings is 1. The standard InChI is InChI=1S/C14H19NO2/c1-10(2)15-7-6-11-4-3-5-12(8-14(16)17)13(11)9-15/h3-5,10H,6-9H2,1-2H3,(H,16,17). The highest BCUT2D eigenvalue weighted by molar-refractivity contribution is 5.71. The van der Waals surface area contributed by atoms with Crippen LogP contribution in [0.5, 0.6) is 0 Å². The molecule has 1 aliphatic heterocycles. The molecule has 0 bridgehead atoms. The Bertz CT molecular complexity index is 426. The van der Waals surface area contributed by atoms with Gasteiger partial charge >= 0.3 is 5.97 Å². The van der Waals surface area contributed by atoms with Crippen LogP contribution in [0.1, 0.15) is 30.5 Å². The van der Waals surface area contributed by atoms with E-state index in [1.165, 1.54) is 11.1 Å². The third-order valence-corrected chi connectivity index (χ3v) is 3.47. The third-order valence-electron chi connectivity index (χ3n) is 3.47. The van der Waals surface area contributed by atoms with Gasteiger partial charge in [-0.25, -0.2) is 0 Å². The molecule has 1 aromatic carbocycles. The van der Waals surface area contributed by atoms with Crippen LogP contribution < -0.4 is 0 Å². The summed E-state index contributed by atoms with van der Waals surface area (Å²) in [7, 11) is 0. The summed E-state index contributed by atoms with van der Waals surface area (Å²) >= 11 is 0. The Labute approximate surface area is 102 Å². The summed E-state index contributed by atoms with van der Waals surface area (Å²) in [5, 5.41) is 8.93. The molecule has 17 heavy (non-hydrogen) atoms. The maximum absolute atomic E-state index is 10.9. The number of hydrogen-bond acceptors (Lipinski definition) is 2. The van der Waals surface area contributed by atoms with Crippen LogP contribution in [0.25, 0.3) is 0 Å². The average molecular weight is 233 g/mol. The first-order valence-electron chi connectivity index (χ1n) is 6.13. The number of carboxylic acid groups (broad SMARTS) is 1. The first kappa shape index (κ1) is 12.1. The van der Waals surface area contributed by atoms with Crippen molar-refractivity contribution in [3.63, 3.8) is 0 Å². The molecule has 0 amide bonds. The summed E-state index contributed by atoms with van der Waals surface area (Å²) in [6.45, 7) is 6.33. The lowest BCUT2D eigenvalue weighted by Crippen LogP contribution is -2.36. The van der Waals surface area contributed by atoms with Gasteiger partial charge in [-0.2, -0.15) is 0 Å². The van der Waals surface area contributed by atoms with Crippen LogP contribution in [-0.2, 0) is 24.2 Å². The fourth-order valence-corrected chi connectivity index (χ4v) is 2.44. The molecule has 92 valence electrons. The fraction of sp³-hybridized carbons (Fsp3) is 0.500. The van der Waals surface area contributed by atoms with Gasteiger partial charge in [0, 0.05) is 19.1 Å². The molecule has 1 heterocycles. The molecule has 0 unspecified atom stereocenters. The van der Waals surface area contributed by atoms with Gasteiger partial charge in [0.1, 0.15) is 0 Å². The zero-order chi connectivity index (χ0) is 12.4. The number of carboxylic acids is 1. The molecule has 0 radical (unpaired) electrons. The second-order valence-corrected chi connectivity index (χ2v) is 4.94. The Kier molecular flexibility index (Phi) is 3.48. The van der Waals surface area contributed by atoms with Gasteiger partial charge < -0.3 is 5.11 Å². The highest BCUT2D eigenvalue weighted by atomic mass is 16.4. The van der Waals surface area contributed by atoms with Crippen molar-refractivity contribution in [3.05, 3.63) is 34.9 Å². The van der Waals surface area contributed by atoms with Gasteiger partial charge in [0.2, 0.25) is 0 Å². The monoisotopic (exact) mass is 233 g/mol. The van der Waals surface area contributed by atoms with Crippen LogP contribution in [-0.4, -0.2) is 28.6 Å². The smallest absolute Gasteiger partial charge is 0.307 e. The summed E-state index contributed by atoms with van der Waals surface area (Å²) in [5.41, 5.74) is 3.52. The van der Waals surface area contributed by atoms with Gasteiger partial charge in [-0.05, 0) is 37.0 Å². The molecule has 0 fully saturated rings. The van der Waals surface area contributed by atoms with Gasteiger partial charge in [0.25, 0.3) is 0 Å². The van der Waals surface area contributed by atoms with Crippen LogP contribution >= 0.6 is 0 Å². The largest absolute Gasteiger partial charge is 0.481 e. The zero-order valence-electron chi connectivity index (χ0n) is 10.4. The SMILES string of the molecule is CC(C)N1CCc2cccc(CC(=O)O)c2C1. The van der Waals surface area contributed by atoms with Crippen molar-refractivity contribution < 1.29 is 9.90 Å². The second-order valence-electron chi connectivity index (χ2n) is 4.94. The van der Waals surface area contributed by atoms with Crippen molar-refractivity contribution in [2.75, 3.05) is 6.54 Å². The van der Waals surface area contributed by atoms with Gasteiger partial charge in [-0.15, -0.1) is 0 Å². The molecule has 0 aliphatic carbocycles.